The van der Waals surface area contributed by atoms with Gasteiger partial charge in [-0.3, -0.25) is 0 Å². The Morgan fingerprint density at radius 1 is 1.15 bits per heavy atom. The summed E-state index contributed by atoms with van der Waals surface area (Å²) >= 11 is 6.01. The minimum absolute atomic E-state index is 0.481. The molecule has 3 unspecified atom stereocenters. The number of hydrogen-bond acceptors (Lipinski definition) is 1. The van der Waals surface area contributed by atoms with E-state index in [9.17, 15) is 0 Å². The second-order valence-electron chi connectivity index (χ2n) is 6.12. The number of hydrogen-bond donors (Lipinski definition) is 1. The maximum atomic E-state index is 6.01. The first-order chi connectivity index (χ1) is 9.74. The summed E-state index contributed by atoms with van der Waals surface area (Å²) in [6.07, 6.45) is 9.25. The lowest BCUT2D eigenvalue weighted by Crippen LogP contribution is -2.40. The lowest BCUT2D eigenvalue weighted by Gasteiger charge is -2.35. The molecule has 0 aliphatic heterocycles. The third-order valence-corrected chi connectivity index (χ3v) is 4.95. The van der Waals surface area contributed by atoms with Crippen LogP contribution in [0.2, 0.25) is 5.02 Å². The molecule has 0 amide bonds. The van der Waals surface area contributed by atoms with Crippen molar-refractivity contribution in [3.8, 4) is 0 Å². The maximum absolute atomic E-state index is 6.01. The molecule has 112 valence electrons. The molecule has 0 saturated heterocycles. The molecule has 0 radical (unpaired) electrons. The van der Waals surface area contributed by atoms with Gasteiger partial charge in [-0.15, -0.1) is 0 Å². The number of halogens is 1. The molecule has 1 N–H and O–H groups in total. The van der Waals surface area contributed by atoms with E-state index in [-0.39, 0.29) is 0 Å². The summed E-state index contributed by atoms with van der Waals surface area (Å²) in [5.41, 5.74) is 1.39. The lowest BCUT2D eigenvalue weighted by molar-refractivity contribution is 0.232. The predicted molar refractivity (Wildman–Crippen MR) is 88.3 cm³/mol. The van der Waals surface area contributed by atoms with Gasteiger partial charge in [-0.05, 0) is 42.9 Å². The van der Waals surface area contributed by atoms with Gasteiger partial charge in [0, 0.05) is 17.1 Å². The van der Waals surface area contributed by atoms with E-state index in [1.54, 1.807) is 0 Å². The van der Waals surface area contributed by atoms with Crippen LogP contribution in [0, 0.1) is 5.92 Å². The molecule has 1 saturated carbocycles. The minimum Gasteiger partial charge on any atom is -0.307 e. The normalized spacial score (nSPS) is 24.6. The van der Waals surface area contributed by atoms with Crippen LogP contribution in [0.15, 0.2) is 24.3 Å². The fourth-order valence-corrected chi connectivity index (χ4v) is 3.63. The number of rotatable bonds is 6. The van der Waals surface area contributed by atoms with Gasteiger partial charge in [0.25, 0.3) is 0 Å². The Kier molecular flexibility index (Phi) is 6.38. The molecular formula is C18H28ClN. The molecule has 0 aromatic heterocycles. The fourth-order valence-electron chi connectivity index (χ4n) is 3.50. The van der Waals surface area contributed by atoms with Gasteiger partial charge in [0.1, 0.15) is 0 Å². The molecule has 20 heavy (non-hydrogen) atoms. The molecule has 1 nitrogen and oxygen atoms in total. The van der Waals surface area contributed by atoms with Gasteiger partial charge in [0.05, 0.1) is 0 Å². The van der Waals surface area contributed by atoms with Gasteiger partial charge < -0.3 is 5.32 Å². The van der Waals surface area contributed by atoms with E-state index in [2.05, 4.69) is 31.3 Å². The highest BCUT2D eigenvalue weighted by molar-refractivity contribution is 6.30. The van der Waals surface area contributed by atoms with Crippen LogP contribution < -0.4 is 5.32 Å². The Bertz CT molecular complexity index is 387. The summed E-state index contributed by atoms with van der Waals surface area (Å²) in [6, 6.07) is 9.56. The smallest absolute Gasteiger partial charge is 0.0406 e. The Balaban J connectivity index is 2.06. The van der Waals surface area contributed by atoms with Crippen LogP contribution in [0.5, 0.6) is 0 Å². The molecule has 1 aliphatic rings. The van der Waals surface area contributed by atoms with E-state index in [1.807, 2.05) is 12.1 Å². The average Bonchev–Trinajstić information content (AvgIpc) is 2.48. The third kappa shape index (κ3) is 4.23. The summed E-state index contributed by atoms with van der Waals surface area (Å²) in [5, 5.41) is 4.78. The van der Waals surface area contributed by atoms with Crippen LogP contribution >= 0.6 is 11.6 Å². The van der Waals surface area contributed by atoms with Gasteiger partial charge in [-0.2, -0.15) is 0 Å². The summed E-state index contributed by atoms with van der Waals surface area (Å²) in [5.74, 6) is 0.857. The van der Waals surface area contributed by atoms with Crippen molar-refractivity contribution in [3.05, 3.63) is 34.9 Å². The molecule has 1 aliphatic carbocycles. The molecule has 3 atom stereocenters. The van der Waals surface area contributed by atoms with Crippen molar-refractivity contribution < 1.29 is 0 Å². The second-order valence-corrected chi connectivity index (χ2v) is 6.56. The van der Waals surface area contributed by atoms with Crippen LogP contribution in [-0.4, -0.2) is 6.04 Å². The van der Waals surface area contributed by atoms with Gasteiger partial charge in [0.2, 0.25) is 0 Å². The van der Waals surface area contributed by atoms with Crippen molar-refractivity contribution in [2.75, 3.05) is 0 Å². The van der Waals surface area contributed by atoms with Crippen LogP contribution in [0.4, 0.5) is 0 Å². The quantitative estimate of drug-likeness (QED) is 0.705. The van der Waals surface area contributed by atoms with E-state index in [1.165, 1.54) is 50.5 Å². The lowest BCUT2D eigenvalue weighted by atomic mass is 9.82. The van der Waals surface area contributed by atoms with Crippen LogP contribution in [0.25, 0.3) is 0 Å². The van der Waals surface area contributed by atoms with E-state index >= 15 is 0 Å². The largest absolute Gasteiger partial charge is 0.307 e. The first kappa shape index (κ1) is 15.9. The number of benzene rings is 1. The average molecular weight is 294 g/mol. The molecule has 0 bridgehead atoms. The van der Waals surface area contributed by atoms with Crippen molar-refractivity contribution in [3.63, 3.8) is 0 Å². The minimum atomic E-state index is 0.481. The topological polar surface area (TPSA) is 12.0 Å². The second kappa shape index (κ2) is 8.05. The van der Waals surface area contributed by atoms with Gasteiger partial charge in [-0.25, -0.2) is 0 Å². The Labute approximate surface area is 129 Å². The summed E-state index contributed by atoms with van der Waals surface area (Å²) < 4.78 is 0. The van der Waals surface area contributed by atoms with Crippen LogP contribution in [-0.2, 0) is 0 Å². The molecule has 1 aromatic rings. The first-order valence-corrected chi connectivity index (χ1v) is 8.63. The van der Waals surface area contributed by atoms with Crippen molar-refractivity contribution in [1.29, 1.82) is 0 Å². The summed E-state index contributed by atoms with van der Waals surface area (Å²) in [6.45, 7) is 4.60. The van der Waals surface area contributed by atoms with Gasteiger partial charge >= 0.3 is 0 Å². The molecule has 0 heterocycles. The van der Waals surface area contributed by atoms with E-state index in [4.69, 9.17) is 11.6 Å². The van der Waals surface area contributed by atoms with Crippen molar-refractivity contribution in [1.82, 2.24) is 5.32 Å². The Morgan fingerprint density at radius 2 is 1.85 bits per heavy atom. The Hall–Kier alpha value is -0.530. The van der Waals surface area contributed by atoms with Crippen LogP contribution in [0.1, 0.15) is 70.4 Å². The van der Waals surface area contributed by atoms with Gasteiger partial charge in [-0.1, -0.05) is 63.3 Å². The maximum Gasteiger partial charge on any atom is 0.0406 e. The molecule has 2 heteroatoms. The summed E-state index contributed by atoms with van der Waals surface area (Å²) in [4.78, 5) is 0. The summed E-state index contributed by atoms with van der Waals surface area (Å²) in [7, 11) is 0. The zero-order chi connectivity index (χ0) is 14.4. The van der Waals surface area contributed by atoms with Crippen molar-refractivity contribution in [2.45, 2.75) is 70.9 Å². The number of nitrogens with one attached hydrogen (secondary N) is 1. The van der Waals surface area contributed by atoms with Crippen LogP contribution in [0.3, 0.4) is 0 Å². The molecular weight excluding hydrogens is 266 g/mol. The Morgan fingerprint density at radius 3 is 2.50 bits per heavy atom. The molecule has 1 aromatic carbocycles. The van der Waals surface area contributed by atoms with Crippen molar-refractivity contribution in [2.24, 2.45) is 5.92 Å². The molecule has 2 rings (SSSR count). The zero-order valence-corrected chi connectivity index (χ0v) is 13.6. The van der Waals surface area contributed by atoms with Gasteiger partial charge in [0.15, 0.2) is 0 Å². The van der Waals surface area contributed by atoms with E-state index in [0.717, 1.165) is 10.9 Å². The van der Waals surface area contributed by atoms with Crippen molar-refractivity contribution >= 4 is 11.6 Å². The predicted octanol–water partition coefficient (Wildman–Crippen LogP) is 5.74. The molecule has 0 spiro atoms. The molecule has 1 fully saturated rings. The van der Waals surface area contributed by atoms with E-state index < -0.39 is 0 Å². The van der Waals surface area contributed by atoms with E-state index in [0.29, 0.717) is 12.1 Å². The first-order valence-electron chi connectivity index (χ1n) is 8.26. The third-order valence-electron chi connectivity index (χ3n) is 4.70. The highest BCUT2D eigenvalue weighted by atomic mass is 35.5. The zero-order valence-electron chi connectivity index (χ0n) is 12.9. The highest BCUT2D eigenvalue weighted by Gasteiger charge is 2.25. The standard InChI is InChI=1S/C18H28ClN/c1-3-7-17(15-10-12-16(19)13-11-15)20-18-9-6-5-8-14(18)4-2/h10-14,17-18,20H,3-9H2,1-2H3. The fraction of sp³-hybridized carbons (Fsp3) is 0.667. The monoisotopic (exact) mass is 293 g/mol. The SMILES string of the molecule is CCCC(NC1CCCCC1CC)c1ccc(Cl)cc1. The highest BCUT2D eigenvalue weighted by Crippen LogP contribution is 2.30.